The maximum absolute atomic E-state index is 12.9. The molecular formula is C22H28ClN3O5S. The van der Waals surface area contributed by atoms with Crippen LogP contribution in [0.4, 0.5) is 5.69 Å². The molecule has 3 rings (SSSR count). The molecule has 0 radical (unpaired) electrons. The van der Waals surface area contributed by atoms with Crippen LogP contribution in [0.2, 0.25) is 5.02 Å². The molecule has 0 bridgehead atoms. The Morgan fingerprint density at radius 3 is 2.62 bits per heavy atom. The van der Waals surface area contributed by atoms with Crippen molar-refractivity contribution in [2.45, 2.75) is 17.9 Å². The first-order valence-corrected chi connectivity index (χ1v) is 12.1. The van der Waals surface area contributed by atoms with Crippen molar-refractivity contribution in [1.82, 2.24) is 9.21 Å². The normalized spacial score (nSPS) is 16.0. The maximum Gasteiger partial charge on any atom is 0.243 e. The highest BCUT2D eigenvalue weighted by molar-refractivity contribution is 7.89. The van der Waals surface area contributed by atoms with Crippen molar-refractivity contribution in [3.8, 4) is 5.75 Å². The lowest BCUT2D eigenvalue weighted by molar-refractivity contribution is -0.117. The van der Waals surface area contributed by atoms with Crippen molar-refractivity contribution in [2.75, 3.05) is 52.3 Å². The molecule has 1 unspecified atom stereocenters. The first kappa shape index (κ1) is 24.5. The van der Waals surface area contributed by atoms with Gasteiger partial charge in [0, 0.05) is 24.7 Å². The number of sulfonamides is 1. The predicted octanol–water partition coefficient (Wildman–Crippen LogP) is 3.00. The standard InChI is InChI=1S/C22H28ClN3O5S/c1-16(18-6-4-5-7-21(18)30-3)25(2)15-22(27)24-20-14-17(8-9-19(20)23)32(28,29)26-10-12-31-13-11-26/h4-9,14,16H,10-13,15H2,1-3H3,(H,24,27). The Labute approximate surface area is 194 Å². The van der Waals surface area contributed by atoms with E-state index in [1.807, 2.05) is 43.1 Å². The summed E-state index contributed by atoms with van der Waals surface area (Å²) in [5.74, 6) is 0.438. The Morgan fingerprint density at radius 2 is 1.94 bits per heavy atom. The third-order valence-electron chi connectivity index (χ3n) is 5.46. The number of likely N-dealkylation sites (N-methyl/N-ethyl adjacent to an activating group) is 1. The van der Waals surface area contributed by atoms with Gasteiger partial charge in [-0.3, -0.25) is 9.69 Å². The minimum Gasteiger partial charge on any atom is -0.496 e. The van der Waals surface area contributed by atoms with Crippen LogP contribution in [0.3, 0.4) is 0 Å². The molecule has 2 aromatic rings. The van der Waals surface area contributed by atoms with Gasteiger partial charge in [-0.05, 0) is 38.2 Å². The molecular weight excluding hydrogens is 454 g/mol. The number of para-hydroxylation sites is 1. The average Bonchev–Trinajstić information content (AvgIpc) is 2.80. The highest BCUT2D eigenvalue weighted by Gasteiger charge is 2.27. The molecule has 10 heteroatoms. The maximum atomic E-state index is 12.9. The molecule has 1 heterocycles. The third kappa shape index (κ3) is 5.60. The van der Waals surface area contributed by atoms with Crippen LogP contribution in [0.15, 0.2) is 47.4 Å². The number of amides is 1. The van der Waals surface area contributed by atoms with Crippen LogP contribution in [0, 0.1) is 0 Å². The Morgan fingerprint density at radius 1 is 1.25 bits per heavy atom. The van der Waals surface area contributed by atoms with E-state index in [0.29, 0.717) is 13.2 Å². The average molecular weight is 482 g/mol. The number of carbonyl (C=O) groups is 1. The Balaban J connectivity index is 1.71. The summed E-state index contributed by atoms with van der Waals surface area (Å²) in [5.41, 5.74) is 1.21. The second-order valence-corrected chi connectivity index (χ2v) is 9.88. The van der Waals surface area contributed by atoms with Crippen LogP contribution in [0.25, 0.3) is 0 Å². The summed E-state index contributed by atoms with van der Waals surface area (Å²) < 4.78 is 37.8. The Bertz CT molecular complexity index is 1060. The molecule has 1 N–H and O–H groups in total. The molecule has 1 aliphatic heterocycles. The number of hydrogen-bond donors (Lipinski definition) is 1. The van der Waals surface area contributed by atoms with Gasteiger partial charge in [-0.2, -0.15) is 4.31 Å². The Kier molecular flexibility index (Phi) is 8.13. The fourth-order valence-electron chi connectivity index (χ4n) is 3.50. The molecule has 2 aromatic carbocycles. The highest BCUT2D eigenvalue weighted by Crippen LogP contribution is 2.29. The monoisotopic (exact) mass is 481 g/mol. The summed E-state index contributed by atoms with van der Waals surface area (Å²) in [4.78, 5) is 14.7. The van der Waals surface area contributed by atoms with Gasteiger partial charge in [0.05, 0.1) is 42.5 Å². The summed E-state index contributed by atoms with van der Waals surface area (Å²) >= 11 is 6.24. The van der Waals surface area contributed by atoms with Crippen LogP contribution in [-0.2, 0) is 19.6 Å². The minimum absolute atomic E-state index is 0.0786. The van der Waals surface area contributed by atoms with E-state index in [-0.39, 0.29) is 47.2 Å². The number of rotatable bonds is 8. The third-order valence-corrected chi connectivity index (χ3v) is 7.69. The zero-order chi connectivity index (χ0) is 23.3. The van der Waals surface area contributed by atoms with Gasteiger partial charge in [0.15, 0.2) is 0 Å². The van der Waals surface area contributed by atoms with E-state index in [0.717, 1.165) is 11.3 Å². The van der Waals surface area contributed by atoms with E-state index in [1.165, 1.54) is 22.5 Å². The van der Waals surface area contributed by atoms with E-state index < -0.39 is 10.0 Å². The number of morpholine rings is 1. The fraction of sp³-hybridized carbons (Fsp3) is 0.409. The van der Waals surface area contributed by atoms with Crippen molar-refractivity contribution in [2.24, 2.45) is 0 Å². The number of carbonyl (C=O) groups excluding carboxylic acids is 1. The quantitative estimate of drug-likeness (QED) is 0.623. The molecule has 32 heavy (non-hydrogen) atoms. The molecule has 0 spiro atoms. The van der Waals surface area contributed by atoms with Gasteiger partial charge < -0.3 is 14.8 Å². The number of halogens is 1. The fourth-order valence-corrected chi connectivity index (χ4v) is 5.10. The predicted molar refractivity (Wildman–Crippen MR) is 124 cm³/mol. The number of ether oxygens (including phenoxy) is 2. The first-order valence-electron chi connectivity index (χ1n) is 10.2. The number of nitrogens with one attached hydrogen (secondary N) is 1. The number of anilines is 1. The molecule has 1 fully saturated rings. The van der Waals surface area contributed by atoms with Crippen LogP contribution < -0.4 is 10.1 Å². The van der Waals surface area contributed by atoms with E-state index >= 15 is 0 Å². The van der Waals surface area contributed by atoms with Gasteiger partial charge in [0.2, 0.25) is 15.9 Å². The van der Waals surface area contributed by atoms with Crippen molar-refractivity contribution < 1.29 is 22.7 Å². The van der Waals surface area contributed by atoms with Crippen molar-refractivity contribution in [3.05, 3.63) is 53.1 Å². The van der Waals surface area contributed by atoms with Gasteiger partial charge in [-0.25, -0.2) is 8.42 Å². The molecule has 1 atom stereocenters. The number of methoxy groups -OCH3 is 1. The topological polar surface area (TPSA) is 88.2 Å². The highest BCUT2D eigenvalue weighted by atomic mass is 35.5. The van der Waals surface area contributed by atoms with Crippen LogP contribution in [0.1, 0.15) is 18.5 Å². The number of benzene rings is 2. The molecule has 1 saturated heterocycles. The summed E-state index contributed by atoms with van der Waals surface area (Å²) in [6.45, 7) is 3.35. The van der Waals surface area contributed by atoms with Crippen LogP contribution >= 0.6 is 11.6 Å². The summed E-state index contributed by atoms with van der Waals surface area (Å²) in [6, 6.07) is 11.9. The lowest BCUT2D eigenvalue weighted by atomic mass is 10.1. The van der Waals surface area contributed by atoms with E-state index in [9.17, 15) is 13.2 Å². The number of hydrogen-bond acceptors (Lipinski definition) is 6. The SMILES string of the molecule is COc1ccccc1C(C)N(C)CC(=O)Nc1cc(S(=O)(=O)N2CCOCC2)ccc1Cl. The van der Waals surface area contributed by atoms with E-state index in [4.69, 9.17) is 21.1 Å². The van der Waals surface area contributed by atoms with Crippen LogP contribution in [0.5, 0.6) is 5.75 Å². The van der Waals surface area contributed by atoms with Crippen molar-refractivity contribution in [1.29, 1.82) is 0 Å². The minimum atomic E-state index is -3.70. The van der Waals surface area contributed by atoms with Gasteiger partial charge in [0.25, 0.3) is 0 Å². The van der Waals surface area contributed by atoms with Gasteiger partial charge in [-0.15, -0.1) is 0 Å². The van der Waals surface area contributed by atoms with E-state index in [2.05, 4.69) is 5.32 Å². The van der Waals surface area contributed by atoms with Gasteiger partial charge in [-0.1, -0.05) is 29.8 Å². The van der Waals surface area contributed by atoms with E-state index in [1.54, 1.807) is 7.11 Å². The zero-order valence-electron chi connectivity index (χ0n) is 18.4. The summed E-state index contributed by atoms with van der Waals surface area (Å²) in [7, 11) is -0.258. The molecule has 1 amide bonds. The Hall–Kier alpha value is -2.17. The molecule has 1 aliphatic rings. The van der Waals surface area contributed by atoms with Gasteiger partial charge in [0.1, 0.15) is 5.75 Å². The first-order chi connectivity index (χ1) is 15.2. The summed E-state index contributed by atoms with van der Waals surface area (Å²) in [6.07, 6.45) is 0. The van der Waals surface area contributed by atoms with Crippen molar-refractivity contribution >= 4 is 33.2 Å². The lowest BCUT2D eigenvalue weighted by Gasteiger charge is -2.27. The molecule has 174 valence electrons. The molecule has 8 nitrogen and oxygen atoms in total. The number of nitrogens with zero attached hydrogens (tertiary/aromatic N) is 2. The summed E-state index contributed by atoms with van der Waals surface area (Å²) in [5, 5.41) is 3.00. The van der Waals surface area contributed by atoms with Gasteiger partial charge >= 0.3 is 0 Å². The van der Waals surface area contributed by atoms with Crippen LogP contribution in [-0.4, -0.2) is 70.5 Å². The second-order valence-electron chi connectivity index (χ2n) is 7.54. The smallest absolute Gasteiger partial charge is 0.243 e. The van der Waals surface area contributed by atoms with Crippen molar-refractivity contribution in [3.63, 3.8) is 0 Å². The lowest BCUT2D eigenvalue weighted by Crippen LogP contribution is -2.40. The zero-order valence-corrected chi connectivity index (χ0v) is 19.9. The second kappa shape index (κ2) is 10.6. The largest absolute Gasteiger partial charge is 0.496 e. The molecule has 0 aliphatic carbocycles. The molecule has 0 aromatic heterocycles. The molecule has 0 saturated carbocycles.